The van der Waals surface area contributed by atoms with Crippen LogP contribution in [0.5, 0.6) is 0 Å². The Balaban J connectivity index is 1.38. The third-order valence-electron chi connectivity index (χ3n) is 5.63. The van der Waals surface area contributed by atoms with Crippen molar-refractivity contribution in [3.05, 3.63) is 84.4 Å². The summed E-state index contributed by atoms with van der Waals surface area (Å²) in [5, 5.41) is 12.6. The third-order valence-corrected chi connectivity index (χ3v) is 6.58. The number of para-hydroxylation sites is 2. The minimum Gasteiger partial charge on any atom is -0.325 e. The maximum Gasteiger partial charge on any atom is 0.234 e. The standard InChI is InChI=1S/C27H25N5OS/c1-2-3-9-19-14-16-21(17-15-19)28-24(33)18-34-27-26-31-30-25(20-10-5-4-6-11-20)32(26)23-13-8-7-12-22(23)29-27/h4-8,10-17H,2-3,9,18H2,1H3,(H,28,33). The molecule has 0 bridgehead atoms. The van der Waals surface area contributed by atoms with Crippen molar-refractivity contribution >= 4 is 40.0 Å². The molecule has 0 radical (unpaired) electrons. The Morgan fingerprint density at radius 2 is 1.71 bits per heavy atom. The first-order valence-corrected chi connectivity index (χ1v) is 12.4. The van der Waals surface area contributed by atoms with Crippen LogP contribution in [0, 0.1) is 0 Å². The number of thioether (sulfide) groups is 1. The summed E-state index contributed by atoms with van der Waals surface area (Å²) in [7, 11) is 0. The monoisotopic (exact) mass is 467 g/mol. The van der Waals surface area contributed by atoms with Crippen LogP contribution in [0.3, 0.4) is 0 Å². The van der Waals surface area contributed by atoms with Gasteiger partial charge >= 0.3 is 0 Å². The lowest BCUT2D eigenvalue weighted by atomic mass is 10.1. The summed E-state index contributed by atoms with van der Waals surface area (Å²) in [5.41, 5.74) is 5.48. The van der Waals surface area contributed by atoms with E-state index in [9.17, 15) is 4.79 Å². The third kappa shape index (κ3) is 4.65. The molecule has 0 unspecified atom stereocenters. The van der Waals surface area contributed by atoms with Gasteiger partial charge in [-0.15, -0.1) is 10.2 Å². The van der Waals surface area contributed by atoms with Crippen LogP contribution in [0.4, 0.5) is 5.69 Å². The van der Waals surface area contributed by atoms with Crippen LogP contribution in [0.15, 0.2) is 83.9 Å². The van der Waals surface area contributed by atoms with E-state index in [0.29, 0.717) is 10.7 Å². The number of benzene rings is 3. The van der Waals surface area contributed by atoms with Crippen molar-refractivity contribution in [2.45, 2.75) is 31.2 Å². The first-order chi connectivity index (χ1) is 16.7. The van der Waals surface area contributed by atoms with Gasteiger partial charge < -0.3 is 5.32 Å². The average Bonchev–Trinajstić information content (AvgIpc) is 3.33. The number of rotatable bonds is 8. The largest absolute Gasteiger partial charge is 0.325 e. The molecule has 2 heterocycles. The zero-order chi connectivity index (χ0) is 23.3. The van der Waals surface area contributed by atoms with Crippen LogP contribution < -0.4 is 5.32 Å². The molecule has 170 valence electrons. The van der Waals surface area contributed by atoms with Crippen LogP contribution in [0.2, 0.25) is 0 Å². The SMILES string of the molecule is CCCCc1ccc(NC(=O)CSc2nc3ccccc3n3c(-c4ccccc4)nnc23)cc1. The number of nitrogens with one attached hydrogen (secondary N) is 1. The minimum atomic E-state index is -0.0813. The fraction of sp³-hybridized carbons (Fsp3) is 0.185. The molecule has 0 atom stereocenters. The van der Waals surface area contributed by atoms with Crippen LogP contribution in [-0.4, -0.2) is 31.2 Å². The van der Waals surface area contributed by atoms with Gasteiger partial charge in [-0.25, -0.2) is 4.98 Å². The van der Waals surface area contributed by atoms with E-state index in [1.54, 1.807) is 0 Å². The van der Waals surface area contributed by atoms with Crippen molar-refractivity contribution in [2.75, 3.05) is 11.1 Å². The van der Waals surface area contributed by atoms with E-state index in [2.05, 4.69) is 34.6 Å². The average molecular weight is 468 g/mol. The van der Waals surface area contributed by atoms with Gasteiger partial charge in [0, 0.05) is 11.3 Å². The quantitative estimate of drug-likeness (QED) is 0.283. The van der Waals surface area contributed by atoms with Gasteiger partial charge in [-0.05, 0) is 42.7 Å². The summed E-state index contributed by atoms with van der Waals surface area (Å²) in [6.07, 6.45) is 3.41. The minimum absolute atomic E-state index is 0.0813. The molecule has 0 aliphatic rings. The summed E-state index contributed by atoms with van der Waals surface area (Å²) in [6, 6.07) is 26.0. The molecule has 5 rings (SSSR count). The Labute approximate surface area is 202 Å². The molecule has 2 aromatic heterocycles. The molecule has 1 N–H and O–H groups in total. The van der Waals surface area contributed by atoms with Gasteiger partial charge in [0.2, 0.25) is 5.91 Å². The number of fused-ring (bicyclic) bond motifs is 3. The molecule has 7 heteroatoms. The molecule has 1 amide bonds. The van der Waals surface area contributed by atoms with Crippen molar-refractivity contribution in [2.24, 2.45) is 0 Å². The first kappa shape index (κ1) is 22.1. The van der Waals surface area contributed by atoms with Gasteiger partial charge in [-0.1, -0.05) is 79.7 Å². The number of hydrogen-bond acceptors (Lipinski definition) is 5. The van der Waals surface area contributed by atoms with Crippen molar-refractivity contribution in [1.29, 1.82) is 0 Å². The summed E-state index contributed by atoms with van der Waals surface area (Å²) in [5.74, 6) is 0.900. The molecular formula is C27H25N5OS. The Morgan fingerprint density at radius 1 is 0.941 bits per heavy atom. The molecule has 34 heavy (non-hydrogen) atoms. The number of unbranched alkanes of at least 4 members (excludes halogenated alkanes) is 1. The lowest BCUT2D eigenvalue weighted by Crippen LogP contribution is -2.14. The van der Waals surface area contributed by atoms with Crippen LogP contribution >= 0.6 is 11.8 Å². The highest BCUT2D eigenvalue weighted by atomic mass is 32.2. The maximum absolute atomic E-state index is 12.7. The van der Waals surface area contributed by atoms with Crippen LogP contribution in [0.1, 0.15) is 25.3 Å². The van der Waals surface area contributed by atoms with Gasteiger partial charge in [-0.2, -0.15) is 0 Å². The molecular weight excluding hydrogens is 442 g/mol. The van der Waals surface area contributed by atoms with E-state index in [0.717, 1.165) is 34.5 Å². The number of aromatic nitrogens is 4. The second-order valence-electron chi connectivity index (χ2n) is 8.09. The van der Waals surface area contributed by atoms with Crippen molar-refractivity contribution < 1.29 is 4.79 Å². The predicted octanol–water partition coefficient (Wildman–Crippen LogP) is 6.02. The summed E-state index contributed by atoms with van der Waals surface area (Å²) in [4.78, 5) is 17.5. The fourth-order valence-electron chi connectivity index (χ4n) is 3.90. The van der Waals surface area contributed by atoms with Crippen molar-refractivity contribution in [3.8, 4) is 11.4 Å². The van der Waals surface area contributed by atoms with Gasteiger partial charge in [-0.3, -0.25) is 9.20 Å². The number of hydrogen-bond donors (Lipinski definition) is 1. The van der Waals surface area contributed by atoms with E-state index in [4.69, 9.17) is 4.98 Å². The Bertz CT molecular complexity index is 1430. The second-order valence-corrected chi connectivity index (χ2v) is 9.06. The Kier molecular flexibility index (Phi) is 6.53. The highest BCUT2D eigenvalue weighted by Gasteiger charge is 2.17. The van der Waals surface area contributed by atoms with E-state index in [-0.39, 0.29) is 11.7 Å². The maximum atomic E-state index is 12.7. The van der Waals surface area contributed by atoms with Gasteiger partial charge in [0.25, 0.3) is 0 Å². The second kappa shape index (κ2) is 10.1. The van der Waals surface area contributed by atoms with E-state index < -0.39 is 0 Å². The molecule has 0 aliphatic carbocycles. The van der Waals surface area contributed by atoms with Crippen molar-refractivity contribution in [1.82, 2.24) is 19.6 Å². The first-order valence-electron chi connectivity index (χ1n) is 11.4. The zero-order valence-electron chi connectivity index (χ0n) is 18.9. The number of nitrogens with zero attached hydrogens (tertiary/aromatic N) is 4. The molecule has 5 aromatic rings. The van der Waals surface area contributed by atoms with Crippen LogP contribution in [-0.2, 0) is 11.2 Å². The molecule has 0 saturated heterocycles. The zero-order valence-corrected chi connectivity index (χ0v) is 19.8. The highest BCUT2D eigenvalue weighted by Crippen LogP contribution is 2.29. The Morgan fingerprint density at radius 3 is 2.50 bits per heavy atom. The fourth-order valence-corrected chi connectivity index (χ4v) is 4.66. The van der Waals surface area contributed by atoms with E-state index in [1.165, 1.54) is 30.2 Å². The number of aryl methyl sites for hydroxylation is 1. The summed E-state index contributed by atoms with van der Waals surface area (Å²) < 4.78 is 2.02. The van der Waals surface area contributed by atoms with E-state index in [1.807, 2.05) is 71.1 Å². The summed E-state index contributed by atoms with van der Waals surface area (Å²) in [6.45, 7) is 2.19. The van der Waals surface area contributed by atoms with Gasteiger partial charge in [0.15, 0.2) is 11.5 Å². The van der Waals surface area contributed by atoms with Gasteiger partial charge in [0.05, 0.1) is 16.8 Å². The number of anilines is 1. The molecule has 0 fully saturated rings. The lowest BCUT2D eigenvalue weighted by Gasteiger charge is -2.09. The highest BCUT2D eigenvalue weighted by molar-refractivity contribution is 8.00. The summed E-state index contributed by atoms with van der Waals surface area (Å²) >= 11 is 1.37. The number of carbonyl (C=O) groups is 1. The number of carbonyl (C=O) groups excluding carboxylic acids is 1. The normalized spacial score (nSPS) is 11.2. The van der Waals surface area contributed by atoms with Crippen LogP contribution in [0.25, 0.3) is 28.1 Å². The molecule has 0 aliphatic heterocycles. The number of amides is 1. The topological polar surface area (TPSA) is 72.2 Å². The Hall–Kier alpha value is -3.71. The molecule has 0 spiro atoms. The predicted molar refractivity (Wildman–Crippen MR) is 138 cm³/mol. The molecule has 6 nitrogen and oxygen atoms in total. The molecule has 3 aromatic carbocycles. The van der Waals surface area contributed by atoms with E-state index >= 15 is 0 Å². The smallest absolute Gasteiger partial charge is 0.234 e. The molecule has 0 saturated carbocycles. The van der Waals surface area contributed by atoms with Crippen molar-refractivity contribution in [3.63, 3.8) is 0 Å². The van der Waals surface area contributed by atoms with Gasteiger partial charge in [0.1, 0.15) is 5.03 Å². The lowest BCUT2D eigenvalue weighted by molar-refractivity contribution is -0.113.